The molecule has 2 aromatic carbocycles. The van der Waals surface area contributed by atoms with Crippen LogP contribution in [0.1, 0.15) is 22.8 Å². The molecule has 0 aromatic heterocycles. The van der Waals surface area contributed by atoms with Crippen molar-refractivity contribution in [3.05, 3.63) is 65.2 Å². The lowest BCUT2D eigenvalue weighted by molar-refractivity contribution is -0.132. The highest BCUT2D eigenvalue weighted by Gasteiger charge is 2.37. The molecule has 7 nitrogen and oxygen atoms in total. The maximum Gasteiger partial charge on any atom is 0.338 e. The van der Waals surface area contributed by atoms with Gasteiger partial charge >= 0.3 is 5.97 Å². The molecule has 1 aliphatic rings. The second-order valence-corrected chi connectivity index (χ2v) is 6.04. The molecule has 144 valence electrons. The van der Waals surface area contributed by atoms with Crippen LogP contribution in [-0.2, 0) is 14.3 Å². The number of carbonyl (C=O) groups excluding carboxylic acids is 3. The van der Waals surface area contributed by atoms with Gasteiger partial charge in [-0.15, -0.1) is 0 Å². The first-order valence-corrected chi connectivity index (χ1v) is 8.66. The molecule has 0 unspecified atom stereocenters. The molecule has 0 bridgehead atoms. The average molecular weight is 381 g/mol. The van der Waals surface area contributed by atoms with Crippen LogP contribution in [0, 0.1) is 0 Å². The van der Waals surface area contributed by atoms with Crippen molar-refractivity contribution in [3.63, 3.8) is 0 Å². The fourth-order valence-electron chi connectivity index (χ4n) is 2.86. The molecule has 1 amide bonds. The monoisotopic (exact) mass is 381 g/mol. The molecule has 28 heavy (non-hydrogen) atoms. The smallest absolute Gasteiger partial charge is 0.338 e. The number of hydrogen-bond acceptors (Lipinski definition) is 6. The molecule has 2 aromatic rings. The molecular formula is C21H19NO6. The van der Waals surface area contributed by atoms with Crippen molar-refractivity contribution < 1.29 is 29.0 Å². The first-order valence-electron chi connectivity index (χ1n) is 8.66. The summed E-state index contributed by atoms with van der Waals surface area (Å²) in [5.74, 6) is -1.59. The number of rotatable bonds is 5. The summed E-state index contributed by atoms with van der Waals surface area (Å²) in [6.45, 7) is 1.91. The molecule has 1 saturated heterocycles. The lowest BCUT2D eigenvalue weighted by Crippen LogP contribution is -2.26. The molecule has 0 atom stereocenters. The van der Waals surface area contributed by atoms with Crippen LogP contribution in [0.4, 0.5) is 5.69 Å². The number of ketones is 1. The van der Waals surface area contributed by atoms with E-state index in [-0.39, 0.29) is 24.5 Å². The Bertz CT molecular complexity index is 944. The fraction of sp³-hybridized carbons (Fsp3) is 0.190. The van der Waals surface area contributed by atoms with Crippen LogP contribution in [0.3, 0.4) is 0 Å². The van der Waals surface area contributed by atoms with Crippen LogP contribution in [0.15, 0.2) is 54.1 Å². The maximum absolute atomic E-state index is 12.4. The Morgan fingerprint density at radius 2 is 1.64 bits per heavy atom. The van der Waals surface area contributed by atoms with Gasteiger partial charge in [0.25, 0.3) is 11.7 Å². The van der Waals surface area contributed by atoms with Gasteiger partial charge in [0.05, 0.1) is 31.4 Å². The van der Waals surface area contributed by atoms with Gasteiger partial charge in [-0.25, -0.2) is 4.79 Å². The lowest BCUT2D eigenvalue weighted by atomic mass is 10.1. The Kier molecular flexibility index (Phi) is 5.44. The highest BCUT2D eigenvalue weighted by molar-refractivity contribution is 6.51. The van der Waals surface area contributed by atoms with Crippen LogP contribution >= 0.6 is 0 Å². The molecule has 1 fully saturated rings. The van der Waals surface area contributed by atoms with Crippen LogP contribution < -0.4 is 9.64 Å². The number of hydrogen-bond donors (Lipinski definition) is 1. The van der Waals surface area contributed by atoms with E-state index in [9.17, 15) is 19.5 Å². The summed E-state index contributed by atoms with van der Waals surface area (Å²) in [6.07, 6.45) is 0. The highest BCUT2D eigenvalue weighted by Crippen LogP contribution is 2.28. The van der Waals surface area contributed by atoms with Crippen molar-refractivity contribution in [1.82, 2.24) is 0 Å². The highest BCUT2D eigenvalue weighted by atomic mass is 16.5. The van der Waals surface area contributed by atoms with Crippen molar-refractivity contribution in [2.75, 3.05) is 25.2 Å². The largest absolute Gasteiger partial charge is 0.507 e. The number of esters is 1. The number of benzene rings is 2. The number of Topliss-reactive ketones (excluding diaryl/α,β-unsaturated/α-hetero) is 1. The van der Waals surface area contributed by atoms with Gasteiger partial charge in [-0.1, -0.05) is 0 Å². The topological polar surface area (TPSA) is 93.1 Å². The van der Waals surface area contributed by atoms with Gasteiger partial charge in [-0.3, -0.25) is 9.59 Å². The Labute approximate surface area is 161 Å². The molecule has 1 heterocycles. The Balaban J connectivity index is 1.86. The lowest BCUT2D eigenvalue weighted by Gasteiger charge is -2.14. The zero-order valence-corrected chi connectivity index (χ0v) is 15.5. The second-order valence-electron chi connectivity index (χ2n) is 6.04. The Hall–Kier alpha value is -3.61. The van der Waals surface area contributed by atoms with E-state index in [2.05, 4.69) is 0 Å². The van der Waals surface area contributed by atoms with Gasteiger partial charge in [-0.2, -0.15) is 0 Å². The predicted molar refractivity (Wildman–Crippen MR) is 102 cm³/mol. The first kappa shape index (κ1) is 19.2. The van der Waals surface area contributed by atoms with Crippen LogP contribution in [0.25, 0.3) is 5.76 Å². The van der Waals surface area contributed by atoms with Crippen LogP contribution in [0.5, 0.6) is 5.75 Å². The van der Waals surface area contributed by atoms with Gasteiger partial charge in [0.2, 0.25) is 0 Å². The summed E-state index contributed by atoms with van der Waals surface area (Å²) < 4.78 is 9.99. The fourth-order valence-corrected chi connectivity index (χ4v) is 2.86. The van der Waals surface area contributed by atoms with E-state index >= 15 is 0 Å². The molecule has 0 aliphatic carbocycles. The van der Waals surface area contributed by atoms with E-state index < -0.39 is 17.7 Å². The van der Waals surface area contributed by atoms with E-state index in [0.717, 1.165) is 0 Å². The summed E-state index contributed by atoms with van der Waals surface area (Å²) in [4.78, 5) is 37.8. The molecule has 0 spiro atoms. The normalized spacial score (nSPS) is 15.6. The molecule has 1 N–H and O–H groups in total. The van der Waals surface area contributed by atoms with Crippen LogP contribution in [0.2, 0.25) is 0 Å². The van der Waals surface area contributed by atoms with E-state index in [1.165, 1.54) is 24.1 Å². The minimum Gasteiger partial charge on any atom is -0.507 e. The van der Waals surface area contributed by atoms with E-state index in [1.54, 1.807) is 43.3 Å². The second kappa shape index (κ2) is 7.96. The SMILES string of the molecule is CCOC(=O)c1ccc(N2C/C(=C(\O)c3ccc(OC)cc3)C(=O)C2=O)cc1. The van der Waals surface area contributed by atoms with Gasteiger partial charge in [0, 0.05) is 11.3 Å². The van der Waals surface area contributed by atoms with Gasteiger partial charge in [0.1, 0.15) is 11.5 Å². The number of ether oxygens (including phenoxy) is 2. The van der Waals surface area contributed by atoms with E-state index in [4.69, 9.17) is 9.47 Å². The molecule has 0 saturated carbocycles. The molecule has 1 aliphatic heterocycles. The molecule has 0 radical (unpaired) electrons. The van der Waals surface area contributed by atoms with Crippen molar-refractivity contribution in [2.24, 2.45) is 0 Å². The number of nitrogens with zero attached hydrogens (tertiary/aromatic N) is 1. The minimum atomic E-state index is -0.761. The van der Waals surface area contributed by atoms with Gasteiger partial charge in [-0.05, 0) is 55.5 Å². The van der Waals surface area contributed by atoms with E-state index in [0.29, 0.717) is 22.6 Å². The molecule has 7 heteroatoms. The van der Waals surface area contributed by atoms with Gasteiger partial charge < -0.3 is 19.5 Å². The molecular weight excluding hydrogens is 362 g/mol. The number of carbonyl (C=O) groups is 3. The van der Waals surface area contributed by atoms with E-state index in [1.807, 2.05) is 0 Å². The predicted octanol–water partition coefficient (Wildman–Crippen LogP) is 2.76. The number of aliphatic hydroxyl groups excluding tert-OH is 1. The number of anilines is 1. The summed E-state index contributed by atoms with van der Waals surface area (Å²) in [7, 11) is 1.53. The van der Waals surface area contributed by atoms with Crippen molar-refractivity contribution >= 4 is 29.1 Å². The van der Waals surface area contributed by atoms with Crippen molar-refractivity contribution in [2.45, 2.75) is 6.92 Å². The number of methoxy groups -OCH3 is 1. The number of amides is 1. The van der Waals surface area contributed by atoms with Gasteiger partial charge in [0.15, 0.2) is 0 Å². The van der Waals surface area contributed by atoms with Crippen LogP contribution in [-0.4, -0.2) is 43.0 Å². The Morgan fingerprint density at radius 3 is 2.21 bits per heavy atom. The summed E-state index contributed by atoms with van der Waals surface area (Å²) in [5.41, 5.74) is 1.23. The van der Waals surface area contributed by atoms with Crippen molar-refractivity contribution in [1.29, 1.82) is 0 Å². The maximum atomic E-state index is 12.4. The average Bonchev–Trinajstić information content (AvgIpc) is 3.02. The quantitative estimate of drug-likeness (QED) is 0.371. The minimum absolute atomic E-state index is 0.0182. The third-order valence-corrected chi connectivity index (χ3v) is 4.37. The summed E-state index contributed by atoms with van der Waals surface area (Å²) in [6, 6.07) is 12.7. The first-order chi connectivity index (χ1) is 13.5. The Morgan fingerprint density at radius 1 is 1.04 bits per heavy atom. The standard InChI is InChI=1S/C21H19NO6/c1-3-28-21(26)14-4-8-15(9-5-14)22-12-17(19(24)20(22)25)18(23)13-6-10-16(27-2)11-7-13/h4-11,23H,3,12H2,1-2H3/b18-17+. The third-order valence-electron chi connectivity index (χ3n) is 4.37. The summed E-state index contributed by atoms with van der Waals surface area (Å²) >= 11 is 0. The summed E-state index contributed by atoms with van der Waals surface area (Å²) in [5, 5.41) is 10.5. The third kappa shape index (κ3) is 3.59. The zero-order chi connectivity index (χ0) is 20.3. The number of aliphatic hydroxyl groups is 1. The zero-order valence-electron chi connectivity index (χ0n) is 15.5. The molecule has 3 rings (SSSR count). The van der Waals surface area contributed by atoms with Crippen molar-refractivity contribution in [3.8, 4) is 5.75 Å².